The van der Waals surface area contributed by atoms with Gasteiger partial charge in [0, 0.05) is 11.3 Å². The number of para-hydroxylation sites is 2. The van der Waals surface area contributed by atoms with Gasteiger partial charge < -0.3 is 5.32 Å². The molecule has 5 nitrogen and oxygen atoms in total. The summed E-state index contributed by atoms with van der Waals surface area (Å²) in [5.41, 5.74) is 2.21. The van der Waals surface area contributed by atoms with E-state index < -0.39 is 15.9 Å². The normalized spacial score (nSPS) is 11.0. The monoisotopic (exact) mass is 440 g/mol. The fourth-order valence-corrected chi connectivity index (χ4v) is 4.86. The number of sulfonamides is 1. The van der Waals surface area contributed by atoms with Crippen LogP contribution in [-0.4, -0.2) is 20.9 Å². The molecule has 0 fully saturated rings. The molecule has 3 aromatic rings. The fraction of sp³-hybridized carbons (Fsp3) is 0.0870. The number of carbonyl (C=O) groups is 1. The van der Waals surface area contributed by atoms with Crippen molar-refractivity contribution in [3.8, 4) is 0 Å². The predicted octanol–water partition coefficient (Wildman–Crippen LogP) is 5.28. The Bertz CT molecular complexity index is 1180. The predicted molar refractivity (Wildman–Crippen MR) is 122 cm³/mol. The molecule has 3 rings (SSSR count). The minimum absolute atomic E-state index is 0.0347. The van der Waals surface area contributed by atoms with Crippen molar-refractivity contribution in [3.63, 3.8) is 0 Å². The molecule has 0 aliphatic rings. The van der Waals surface area contributed by atoms with Gasteiger partial charge in [0.1, 0.15) is 4.90 Å². The standard InChI is InChI=1S/C23H21ClN2O3S/c1-3-15-26(19-10-5-4-6-11-19)30(28,29)22-16-18(13-14-20(22)24)23(27)25-21-12-8-7-9-17(21)2/h3-14,16H,1,15H2,2H3,(H,25,27). The minimum Gasteiger partial charge on any atom is -0.322 e. The zero-order valence-corrected chi connectivity index (χ0v) is 18.0. The topological polar surface area (TPSA) is 66.5 Å². The Labute approximate surface area is 181 Å². The van der Waals surface area contributed by atoms with Crippen molar-refractivity contribution in [2.75, 3.05) is 16.2 Å². The summed E-state index contributed by atoms with van der Waals surface area (Å²) in [6.07, 6.45) is 1.49. The molecule has 0 aliphatic carbocycles. The molecule has 0 saturated carbocycles. The Kier molecular flexibility index (Phi) is 6.59. The zero-order valence-electron chi connectivity index (χ0n) is 16.4. The van der Waals surface area contributed by atoms with Crippen molar-refractivity contribution in [2.24, 2.45) is 0 Å². The van der Waals surface area contributed by atoms with Crippen molar-refractivity contribution in [1.82, 2.24) is 0 Å². The molecule has 1 N–H and O–H groups in total. The van der Waals surface area contributed by atoms with Gasteiger partial charge in [-0.2, -0.15) is 0 Å². The number of rotatable bonds is 7. The molecule has 0 atom stereocenters. The molecule has 0 radical (unpaired) electrons. The van der Waals surface area contributed by atoms with Crippen LogP contribution in [0.4, 0.5) is 11.4 Å². The van der Waals surface area contributed by atoms with E-state index in [1.165, 1.54) is 28.6 Å². The van der Waals surface area contributed by atoms with Crippen LogP contribution in [0.5, 0.6) is 0 Å². The lowest BCUT2D eigenvalue weighted by molar-refractivity contribution is 0.102. The fourth-order valence-electron chi connectivity index (χ4n) is 2.92. The Morgan fingerprint density at radius 2 is 1.73 bits per heavy atom. The van der Waals surface area contributed by atoms with E-state index in [4.69, 9.17) is 11.6 Å². The van der Waals surface area contributed by atoms with Gasteiger partial charge in [-0.05, 0) is 48.9 Å². The zero-order chi connectivity index (χ0) is 21.7. The summed E-state index contributed by atoms with van der Waals surface area (Å²) in [7, 11) is -4.03. The summed E-state index contributed by atoms with van der Waals surface area (Å²) >= 11 is 6.24. The summed E-state index contributed by atoms with van der Waals surface area (Å²) in [5.74, 6) is -0.424. The molecule has 1 amide bonds. The van der Waals surface area contributed by atoms with E-state index in [0.717, 1.165) is 5.56 Å². The summed E-state index contributed by atoms with van der Waals surface area (Å²) < 4.78 is 28.0. The maximum absolute atomic E-state index is 13.4. The van der Waals surface area contributed by atoms with Crippen LogP contribution < -0.4 is 9.62 Å². The second-order valence-corrected chi connectivity index (χ2v) is 8.81. The molecule has 154 valence electrons. The van der Waals surface area contributed by atoms with Crippen molar-refractivity contribution in [1.29, 1.82) is 0 Å². The first kappa shape index (κ1) is 21.6. The second kappa shape index (κ2) is 9.15. The summed E-state index contributed by atoms with van der Waals surface area (Å²) in [6.45, 7) is 5.59. The molecular formula is C23H21ClN2O3S. The number of anilines is 2. The number of benzene rings is 3. The second-order valence-electron chi connectivity index (χ2n) is 6.57. The van der Waals surface area contributed by atoms with Crippen LogP contribution in [0.1, 0.15) is 15.9 Å². The van der Waals surface area contributed by atoms with E-state index in [0.29, 0.717) is 11.4 Å². The van der Waals surface area contributed by atoms with Crippen LogP contribution in [0.3, 0.4) is 0 Å². The summed E-state index contributed by atoms with van der Waals surface area (Å²) in [6, 6.07) is 20.2. The first-order valence-corrected chi connectivity index (χ1v) is 11.0. The van der Waals surface area contributed by atoms with E-state index in [-0.39, 0.29) is 22.0 Å². The van der Waals surface area contributed by atoms with Crippen LogP contribution in [0.25, 0.3) is 0 Å². The number of carbonyl (C=O) groups excluding carboxylic acids is 1. The smallest absolute Gasteiger partial charge is 0.266 e. The molecule has 0 aliphatic heterocycles. The van der Waals surface area contributed by atoms with E-state index in [2.05, 4.69) is 11.9 Å². The number of nitrogens with one attached hydrogen (secondary N) is 1. The molecule has 0 unspecified atom stereocenters. The third-order valence-corrected chi connectivity index (χ3v) is 6.77. The third kappa shape index (κ3) is 4.56. The molecule has 0 saturated heterocycles. The Morgan fingerprint density at radius 3 is 2.40 bits per heavy atom. The van der Waals surface area contributed by atoms with Gasteiger partial charge in [-0.3, -0.25) is 9.10 Å². The maximum atomic E-state index is 13.4. The molecule has 3 aromatic carbocycles. The molecule has 7 heteroatoms. The van der Waals surface area contributed by atoms with E-state index >= 15 is 0 Å². The molecule has 30 heavy (non-hydrogen) atoms. The SMILES string of the molecule is C=CCN(c1ccccc1)S(=O)(=O)c1cc(C(=O)Nc2ccccc2C)ccc1Cl. The Balaban J connectivity index is 2.00. The number of amides is 1. The van der Waals surface area contributed by atoms with Crippen molar-refractivity contribution in [2.45, 2.75) is 11.8 Å². The lowest BCUT2D eigenvalue weighted by atomic mass is 10.1. The highest BCUT2D eigenvalue weighted by atomic mass is 35.5. The number of hydrogen-bond acceptors (Lipinski definition) is 3. The summed E-state index contributed by atoms with van der Waals surface area (Å²) in [5, 5.41) is 2.84. The molecular weight excluding hydrogens is 420 g/mol. The highest BCUT2D eigenvalue weighted by Crippen LogP contribution is 2.29. The minimum atomic E-state index is -4.03. The van der Waals surface area contributed by atoms with Crippen molar-refractivity contribution < 1.29 is 13.2 Å². The van der Waals surface area contributed by atoms with E-state index in [9.17, 15) is 13.2 Å². The van der Waals surface area contributed by atoms with Gasteiger partial charge in [0.2, 0.25) is 0 Å². The van der Waals surface area contributed by atoms with Crippen molar-refractivity contribution in [3.05, 3.63) is 102 Å². The third-order valence-electron chi connectivity index (χ3n) is 4.49. The van der Waals surface area contributed by atoms with Crippen LogP contribution in [0.15, 0.2) is 90.3 Å². The molecule has 0 heterocycles. The van der Waals surface area contributed by atoms with Crippen LogP contribution >= 0.6 is 11.6 Å². The number of hydrogen-bond donors (Lipinski definition) is 1. The lowest BCUT2D eigenvalue weighted by Gasteiger charge is -2.24. The quantitative estimate of drug-likeness (QED) is 0.508. The van der Waals surface area contributed by atoms with Crippen LogP contribution in [0.2, 0.25) is 5.02 Å². The number of halogens is 1. The highest BCUT2D eigenvalue weighted by molar-refractivity contribution is 7.93. The van der Waals surface area contributed by atoms with Gasteiger partial charge in [-0.15, -0.1) is 6.58 Å². The number of nitrogens with zero attached hydrogens (tertiary/aromatic N) is 1. The average molecular weight is 441 g/mol. The van der Waals surface area contributed by atoms with E-state index in [1.807, 2.05) is 25.1 Å². The lowest BCUT2D eigenvalue weighted by Crippen LogP contribution is -2.31. The van der Waals surface area contributed by atoms with Crippen LogP contribution in [-0.2, 0) is 10.0 Å². The molecule has 0 bridgehead atoms. The largest absolute Gasteiger partial charge is 0.322 e. The number of aryl methyl sites for hydroxylation is 1. The average Bonchev–Trinajstić information content (AvgIpc) is 2.74. The van der Waals surface area contributed by atoms with Gasteiger partial charge in [0.15, 0.2) is 0 Å². The van der Waals surface area contributed by atoms with Gasteiger partial charge in [-0.25, -0.2) is 8.42 Å². The van der Waals surface area contributed by atoms with Crippen molar-refractivity contribution >= 4 is 38.9 Å². The Hall–Kier alpha value is -3.09. The van der Waals surface area contributed by atoms with Gasteiger partial charge in [-0.1, -0.05) is 54.1 Å². The molecule has 0 aromatic heterocycles. The highest BCUT2D eigenvalue weighted by Gasteiger charge is 2.27. The van der Waals surface area contributed by atoms with Gasteiger partial charge >= 0.3 is 0 Å². The summed E-state index contributed by atoms with van der Waals surface area (Å²) in [4.78, 5) is 12.6. The van der Waals surface area contributed by atoms with Gasteiger partial charge in [0.05, 0.1) is 17.3 Å². The molecule has 0 spiro atoms. The maximum Gasteiger partial charge on any atom is 0.266 e. The Morgan fingerprint density at radius 1 is 1.07 bits per heavy atom. The van der Waals surface area contributed by atoms with Gasteiger partial charge in [0.25, 0.3) is 15.9 Å². The first-order chi connectivity index (χ1) is 14.3. The van der Waals surface area contributed by atoms with Crippen LogP contribution in [0, 0.1) is 6.92 Å². The van der Waals surface area contributed by atoms with E-state index in [1.54, 1.807) is 36.4 Å². The first-order valence-electron chi connectivity index (χ1n) is 9.20.